The molecule has 3 heteroatoms. The minimum Gasteiger partial charge on any atom is -0.455 e. The Labute approximate surface area is 249 Å². The molecular formula is C40H28N2O. The average molecular weight is 553 g/mol. The quantitative estimate of drug-likeness (QED) is 0.214. The van der Waals surface area contributed by atoms with Crippen molar-refractivity contribution in [2.75, 3.05) is 0 Å². The van der Waals surface area contributed by atoms with Crippen LogP contribution in [0.25, 0.3) is 71.9 Å². The molecule has 3 nitrogen and oxygen atoms in total. The van der Waals surface area contributed by atoms with Crippen LogP contribution in [0.3, 0.4) is 0 Å². The average Bonchev–Trinajstić information content (AvgIpc) is 3.59. The Morgan fingerprint density at radius 2 is 1.30 bits per heavy atom. The number of hydrogen-bond acceptors (Lipinski definition) is 2. The number of nitrogens with zero attached hydrogens (tertiary/aromatic N) is 2. The van der Waals surface area contributed by atoms with Gasteiger partial charge in [-0.2, -0.15) is 0 Å². The fourth-order valence-electron chi connectivity index (χ4n) is 7.36. The summed E-state index contributed by atoms with van der Waals surface area (Å²) in [5.41, 5.74) is 13.8. The summed E-state index contributed by atoms with van der Waals surface area (Å²) < 4.78 is 8.82. The molecule has 0 saturated heterocycles. The molecule has 0 radical (unpaired) electrons. The van der Waals surface area contributed by atoms with Crippen molar-refractivity contribution in [3.8, 4) is 39.1 Å². The molecule has 43 heavy (non-hydrogen) atoms. The number of fused-ring (bicyclic) bond motifs is 10. The lowest BCUT2D eigenvalue weighted by Gasteiger charge is -2.29. The van der Waals surface area contributed by atoms with E-state index in [0.29, 0.717) is 0 Å². The number of aromatic nitrogens is 2. The first-order chi connectivity index (χ1) is 21.1. The monoisotopic (exact) mass is 552 g/mol. The first-order valence-electron chi connectivity index (χ1n) is 14.8. The molecule has 0 fully saturated rings. The highest BCUT2D eigenvalue weighted by Crippen LogP contribution is 2.52. The van der Waals surface area contributed by atoms with Gasteiger partial charge in [-0.15, -0.1) is 0 Å². The van der Waals surface area contributed by atoms with E-state index in [1.807, 2.05) is 24.5 Å². The third-order valence-corrected chi connectivity index (χ3v) is 9.29. The summed E-state index contributed by atoms with van der Waals surface area (Å²) in [6.07, 6.45) is 3.94. The summed E-state index contributed by atoms with van der Waals surface area (Å²) in [6.45, 7) is 4.71. The van der Waals surface area contributed by atoms with Gasteiger partial charge in [0.05, 0.1) is 5.52 Å². The molecule has 204 valence electrons. The summed E-state index contributed by atoms with van der Waals surface area (Å²) in [5.74, 6) is 0. The zero-order chi connectivity index (χ0) is 28.7. The van der Waals surface area contributed by atoms with E-state index in [1.54, 1.807) is 0 Å². The molecule has 0 unspecified atom stereocenters. The molecule has 5 aromatic carbocycles. The van der Waals surface area contributed by atoms with Crippen molar-refractivity contribution in [2.45, 2.75) is 19.3 Å². The van der Waals surface area contributed by atoms with E-state index in [4.69, 9.17) is 4.42 Å². The fraction of sp³-hybridized carbons (Fsp3) is 0.0750. The Hall–Kier alpha value is -5.41. The molecular weight excluding hydrogens is 524 g/mol. The van der Waals surface area contributed by atoms with E-state index in [9.17, 15) is 0 Å². The molecule has 9 rings (SSSR count). The second kappa shape index (κ2) is 8.80. The molecule has 0 N–H and O–H groups in total. The predicted molar refractivity (Wildman–Crippen MR) is 177 cm³/mol. The van der Waals surface area contributed by atoms with Crippen molar-refractivity contribution in [2.24, 2.45) is 0 Å². The van der Waals surface area contributed by atoms with Gasteiger partial charge in [-0.25, -0.2) is 0 Å². The van der Waals surface area contributed by atoms with Crippen molar-refractivity contribution < 1.29 is 4.42 Å². The van der Waals surface area contributed by atoms with E-state index in [2.05, 4.69) is 133 Å². The van der Waals surface area contributed by atoms with Gasteiger partial charge in [0, 0.05) is 56.5 Å². The maximum absolute atomic E-state index is 6.37. The Kier molecular flexibility index (Phi) is 4.95. The van der Waals surface area contributed by atoms with Crippen LogP contribution in [-0.2, 0) is 5.41 Å². The van der Waals surface area contributed by atoms with Crippen LogP contribution in [0, 0.1) is 0 Å². The summed E-state index contributed by atoms with van der Waals surface area (Å²) >= 11 is 0. The lowest BCUT2D eigenvalue weighted by Crippen LogP contribution is -2.23. The molecule has 0 aliphatic heterocycles. The number of para-hydroxylation sites is 2. The molecule has 3 aromatic heterocycles. The number of pyridine rings is 1. The second-order valence-electron chi connectivity index (χ2n) is 12.0. The van der Waals surface area contributed by atoms with E-state index in [1.165, 1.54) is 38.9 Å². The highest BCUT2D eigenvalue weighted by Gasteiger charge is 2.38. The Morgan fingerprint density at radius 1 is 0.605 bits per heavy atom. The van der Waals surface area contributed by atoms with Crippen molar-refractivity contribution in [1.82, 2.24) is 9.55 Å². The van der Waals surface area contributed by atoms with Gasteiger partial charge >= 0.3 is 0 Å². The third kappa shape index (κ3) is 3.33. The summed E-state index contributed by atoms with van der Waals surface area (Å²) in [4.78, 5) is 4.61. The van der Waals surface area contributed by atoms with Gasteiger partial charge in [0.15, 0.2) is 0 Å². The summed E-state index contributed by atoms with van der Waals surface area (Å²) in [5, 5.41) is 3.46. The van der Waals surface area contributed by atoms with Crippen LogP contribution in [0.1, 0.15) is 25.1 Å². The van der Waals surface area contributed by atoms with E-state index in [0.717, 1.165) is 44.3 Å². The molecule has 0 amide bonds. The number of rotatable bonds is 2. The van der Waals surface area contributed by atoms with Gasteiger partial charge in [0.2, 0.25) is 0 Å². The molecule has 1 aliphatic rings. The first kappa shape index (κ1) is 24.2. The van der Waals surface area contributed by atoms with Gasteiger partial charge in [-0.1, -0.05) is 111 Å². The Bertz CT molecular complexity index is 2370. The van der Waals surface area contributed by atoms with Crippen LogP contribution in [0.5, 0.6) is 0 Å². The molecule has 0 spiro atoms. The standard InChI is InChI=1S/C40H28N2O/c1-40(2)34-16-7-5-11-29(34)28-10-3-4-13-31(28)37-33-24-41-23-22-35(33)42(39(37)40)26-20-18-25(19-21-26)27-14-9-15-32-30-12-6-8-17-36(30)43-38(27)32/h3-24H,1-2H3. The number of benzene rings is 5. The predicted octanol–water partition coefficient (Wildman–Crippen LogP) is 10.6. The van der Waals surface area contributed by atoms with Gasteiger partial charge < -0.3 is 8.98 Å². The van der Waals surface area contributed by atoms with Crippen LogP contribution >= 0.6 is 0 Å². The Morgan fingerprint density at radius 3 is 2.16 bits per heavy atom. The van der Waals surface area contributed by atoms with Crippen molar-refractivity contribution in [1.29, 1.82) is 0 Å². The van der Waals surface area contributed by atoms with Gasteiger partial charge in [0.25, 0.3) is 0 Å². The summed E-state index contributed by atoms with van der Waals surface area (Å²) in [7, 11) is 0. The van der Waals surface area contributed by atoms with Crippen LogP contribution in [0.15, 0.2) is 138 Å². The second-order valence-corrected chi connectivity index (χ2v) is 12.0. The number of furan rings is 1. The third-order valence-electron chi connectivity index (χ3n) is 9.29. The van der Waals surface area contributed by atoms with E-state index >= 15 is 0 Å². The lowest BCUT2D eigenvalue weighted by atomic mass is 9.78. The maximum atomic E-state index is 6.37. The number of hydrogen-bond donors (Lipinski definition) is 0. The minimum absolute atomic E-state index is 0.275. The molecule has 0 atom stereocenters. The van der Waals surface area contributed by atoms with E-state index < -0.39 is 0 Å². The fourth-order valence-corrected chi connectivity index (χ4v) is 7.36. The molecule has 0 bridgehead atoms. The lowest BCUT2D eigenvalue weighted by molar-refractivity contribution is 0.611. The zero-order valence-corrected chi connectivity index (χ0v) is 24.0. The van der Waals surface area contributed by atoms with Crippen molar-refractivity contribution >= 4 is 32.8 Å². The van der Waals surface area contributed by atoms with Gasteiger partial charge in [0.1, 0.15) is 11.2 Å². The van der Waals surface area contributed by atoms with Crippen molar-refractivity contribution in [3.05, 3.63) is 145 Å². The van der Waals surface area contributed by atoms with Crippen LogP contribution in [0.4, 0.5) is 0 Å². The maximum Gasteiger partial charge on any atom is 0.143 e. The Balaban J connectivity index is 1.30. The SMILES string of the molecule is CC1(C)c2ccccc2-c2ccccc2-c2c1n(-c1ccc(-c3cccc4c3oc3ccccc34)cc1)c1ccncc21. The minimum atomic E-state index is -0.275. The largest absolute Gasteiger partial charge is 0.455 e. The first-order valence-corrected chi connectivity index (χ1v) is 14.8. The van der Waals surface area contributed by atoms with Gasteiger partial charge in [-0.3, -0.25) is 4.98 Å². The highest BCUT2D eigenvalue weighted by atomic mass is 16.3. The normalized spacial score (nSPS) is 13.5. The summed E-state index contributed by atoms with van der Waals surface area (Å²) in [6, 6.07) is 43.5. The van der Waals surface area contributed by atoms with Crippen LogP contribution in [-0.4, -0.2) is 9.55 Å². The molecule has 8 aromatic rings. The zero-order valence-electron chi connectivity index (χ0n) is 24.0. The molecule has 0 saturated carbocycles. The topological polar surface area (TPSA) is 31.0 Å². The molecule has 1 aliphatic carbocycles. The molecule has 3 heterocycles. The smallest absolute Gasteiger partial charge is 0.143 e. The highest BCUT2D eigenvalue weighted by molar-refractivity contribution is 6.09. The van der Waals surface area contributed by atoms with Crippen LogP contribution in [0.2, 0.25) is 0 Å². The van der Waals surface area contributed by atoms with Gasteiger partial charge in [-0.05, 0) is 52.1 Å². The van der Waals surface area contributed by atoms with E-state index in [-0.39, 0.29) is 5.41 Å². The van der Waals surface area contributed by atoms with Crippen molar-refractivity contribution in [3.63, 3.8) is 0 Å². The van der Waals surface area contributed by atoms with Crippen LogP contribution < -0.4 is 0 Å².